The molecule has 18 heavy (non-hydrogen) atoms. The first-order valence-electron chi connectivity index (χ1n) is 6.91. The molecule has 1 rings (SSSR count). The van der Waals surface area contributed by atoms with E-state index in [0.717, 1.165) is 19.3 Å². The SMILES string of the molecule is CC(CCS(C)=O)NCC(O)COC1CCCC1. The molecular formula is C13H27NO3S. The van der Waals surface area contributed by atoms with Crippen LogP contribution in [0.4, 0.5) is 0 Å². The third kappa shape index (κ3) is 7.46. The molecule has 1 aliphatic carbocycles. The molecule has 0 aromatic heterocycles. The molecule has 1 saturated carbocycles. The Morgan fingerprint density at radius 2 is 2.11 bits per heavy atom. The fraction of sp³-hybridized carbons (Fsp3) is 1.00. The molecule has 0 bridgehead atoms. The van der Waals surface area contributed by atoms with E-state index < -0.39 is 16.9 Å². The topological polar surface area (TPSA) is 58.6 Å². The van der Waals surface area contributed by atoms with Gasteiger partial charge in [-0.05, 0) is 26.2 Å². The maximum absolute atomic E-state index is 10.9. The van der Waals surface area contributed by atoms with Crippen LogP contribution in [-0.4, -0.2) is 52.7 Å². The van der Waals surface area contributed by atoms with Crippen molar-refractivity contribution < 1.29 is 14.1 Å². The number of aliphatic hydroxyl groups excluding tert-OH is 1. The summed E-state index contributed by atoms with van der Waals surface area (Å²) in [6.45, 7) is 3.02. The van der Waals surface area contributed by atoms with Crippen LogP contribution in [0.3, 0.4) is 0 Å². The molecule has 0 aromatic rings. The molecule has 0 amide bonds. The van der Waals surface area contributed by atoms with Crippen LogP contribution in [0.2, 0.25) is 0 Å². The lowest BCUT2D eigenvalue weighted by molar-refractivity contribution is -0.00609. The normalized spacial score (nSPS) is 21.9. The third-order valence-corrected chi connectivity index (χ3v) is 4.18. The maximum atomic E-state index is 10.9. The van der Waals surface area contributed by atoms with Gasteiger partial charge in [-0.1, -0.05) is 12.8 Å². The largest absolute Gasteiger partial charge is 0.389 e. The van der Waals surface area contributed by atoms with Crippen LogP contribution < -0.4 is 5.32 Å². The average molecular weight is 277 g/mol. The summed E-state index contributed by atoms with van der Waals surface area (Å²) in [6.07, 6.45) is 7.29. The number of aliphatic hydroxyl groups is 1. The monoisotopic (exact) mass is 277 g/mol. The third-order valence-electron chi connectivity index (χ3n) is 3.37. The molecule has 108 valence electrons. The Balaban J connectivity index is 2.01. The summed E-state index contributed by atoms with van der Waals surface area (Å²) in [5, 5.41) is 13.0. The second-order valence-corrected chi connectivity index (χ2v) is 6.82. The van der Waals surface area contributed by atoms with Gasteiger partial charge < -0.3 is 15.2 Å². The van der Waals surface area contributed by atoms with Gasteiger partial charge in [0.2, 0.25) is 0 Å². The molecule has 3 unspecified atom stereocenters. The minimum Gasteiger partial charge on any atom is -0.389 e. The molecule has 0 radical (unpaired) electrons. The van der Waals surface area contributed by atoms with Gasteiger partial charge in [-0.25, -0.2) is 0 Å². The lowest BCUT2D eigenvalue weighted by Gasteiger charge is -2.18. The van der Waals surface area contributed by atoms with Crippen molar-refractivity contribution in [2.75, 3.05) is 25.2 Å². The molecule has 0 spiro atoms. The van der Waals surface area contributed by atoms with E-state index in [1.165, 1.54) is 12.8 Å². The minimum absolute atomic E-state index is 0.287. The predicted octanol–water partition coefficient (Wildman–Crippen LogP) is 1.05. The first-order chi connectivity index (χ1) is 8.58. The minimum atomic E-state index is -0.733. The van der Waals surface area contributed by atoms with E-state index in [0.29, 0.717) is 25.0 Å². The van der Waals surface area contributed by atoms with E-state index >= 15 is 0 Å². The summed E-state index contributed by atoms with van der Waals surface area (Å²) in [6, 6.07) is 0.287. The molecule has 1 aliphatic rings. The van der Waals surface area contributed by atoms with Crippen molar-refractivity contribution >= 4 is 10.8 Å². The Kier molecular flexibility index (Phi) is 8.06. The fourth-order valence-electron chi connectivity index (χ4n) is 2.14. The van der Waals surface area contributed by atoms with Crippen molar-refractivity contribution in [2.45, 2.75) is 57.3 Å². The zero-order chi connectivity index (χ0) is 13.4. The molecule has 4 nitrogen and oxygen atoms in total. The zero-order valence-electron chi connectivity index (χ0n) is 11.6. The van der Waals surface area contributed by atoms with Crippen molar-refractivity contribution in [1.29, 1.82) is 0 Å². The highest BCUT2D eigenvalue weighted by Gasteiger charge is 2.17. The average Bonchev–Trinajstić information content (AvgIpc) is 2.84. The van der Waals surface area contributed by atoms with E-state index in [-0.39, 0.29) is 6.04 Å². The van der Waals surface area contributed by atoms with Gasteiger partial charge in [0.05, 0.1) is 18.8 Å². The molecule has 0 saturated heterocycles. The van der Waals surface area contributed by atoms with E-state index in [1.54, 1.807) is 6.26 Å². The fourth-order valence-corrected chi connectivity index (χ4v) is 2.83. The van der Waals surface area contributed by atoms with Crippen LogP contribution in [0.15, 0.2) is 0 Å². The molecule has 5 heteroatoms. The summed E-state index contributed by atoms with van der Waals surface area (Å²) in [7, 11) is -0.733. The molecule has 0 heterocycles. The molecule has 0 aromatic carbocycles. The van der Waals surface area contributed by atoms with Gasteiger partial charge in [0, 0.05) is 35.4 Å². The van der Waals surface area contributed by atoms with Crippen molar-refractivity contribution in [3.63, 3.8) is 0 Å². The van der Waals surface area contributed by atoms with E-state index in [1.807, 2.05) is 0 Å². The van der Waals surface area contributed by atoms with Gasteiger partial charge in [0.25, 0.3) is 0 Å². The van der Waals surface area contributed by atoms with Crippen molar-refractivity contribution in [2.24, 2.45) is 0 Å². The predicted molar refractivity (Wildman–Crippen MR) is 75.2 cm³/mol. The molecule has 3 atom stereocenters. The Bertz CT molecular complexity index is 244. The van der Waals surface area contributed by atoms with Crippen molar-refractivity contribution in [3.8, 4) is 0 Å². The highest BCUT2D eigenvalue weighted by molar-refractivity contribution is 7.84. The molecule has 2 N–H and O–H groups in total. The van der Waals surface area contributed by atoms with Crippen LogP contribution in [0, 0.1) is 0 Å². The quantitative estimate of drug-likeness (QED) is 0.661. The molecular weight excluding hydrogens is 250 g/mol. The number of nitrogens with one attached hydrogen (secondary N) is 1. The van der Waals surface area contributed by atoms with Crippen LogP contribution in [0.5, 0.6) is 0 Å². The van der Waals surface area contributed by atoms with Gasteiger partial charge in [-0.2, -0.15) is 0 Å². The summed E-state index contributed by atoms with van der Waals surface area (Å²) in [5.41, 5.74) is 0. The highest BCUT2D eigenvalue weighted by atomic mass is 32.2. The smallest absolute Gasteiger partial charge is 0.0897 e. The lowest BCUT2D eigenvalue weighted by atomic mass is 10.2. The van der Waals surface area contributed by atoms with Gasteiger partial charge >= 0.3 is 0 Å². The second kappa shape index (κ2) is 9.02. The van der Waals surface area contributed by atoms with Gasteiger partial charge in [0.1, 0.15) is 0 Å². The van der Waals surface area contributed by atoms with Gasteiger partial charge in [0.15, 0.2) is 0 Å². The Labute approximate surface area is 113 Å². The number of rotatable bonds is 9. The summed E-state index contributed by atoms with van der Waals surface area (Å²) in [5.74, 6) is 0.711. The standard InChI is InChI=1S/C13H27NO3S/c1-11(7-8-18(2)16)14-9-12(15)10-17-13-5-3-4-6-13/h11-15H,3-10H2,1-2H3. The Morgan fingerprint density at radius 1 is 1.44 bits per heavy atom. The van der Waals surface area contributed by atoms with E-state index in [9.17, 15) is 9.32 Å². The molecule has 1 fully saturated rings. The van der Waals surface area contributed by atoms with Gasteiger partial charge in [-0.3, -0.25) is 4.21 Å². The van der Waals surface area contributed by atoms with Crippen molar-refractivity contribution in [1.82, 2.24) is 5.32 Å². The highest BCUT2D eigenvalue weighted by Crippen LogP contribution is 2.20. The van der Waals surface area contributed by atoms with E-state index in [4.69, 9.17) is 4.74 Å². The summed E-state index contributed by atoms with van der Waals surface area (Å²) >= 11 is 0. The number of hydrogen-bond donors (Lipinski definition) is 2. The van der Waals surface area contributed by atoms with Crippen LogP contribution in [-0.2, 0) is 15.5 Å². The molecule has 0 aliphatic heterocycles. The Morgan fingerprint density at radius 3 is 2.72 bits per heavy atom. The van der Waals surface area contributed by atoms with E-state index in [2.05, 4.69) is 12.2 Å². The maximum Gasteiger partial charge on any atom is 0.0897 e. The number of hydrogen-bond acceptors (Lipinski definition) is 4. The van der Waals surface area contributed by atoms with Crippen LogP contribution in [0.1, 0.15) is 39.0 Å². The first-order valence-corrected chi connectivity index (χ1v) is 8.63. The zero-order valence-corrected chi connectivity index (χ0v) is 12.4. The second-order valence-electron chi connectivity index (χ2n) is 5.27. The van der Waals surface area contributed by atoms with Crippen molar-refractivity contribution in [3.05, 3.63) is 0 Å². The van der Waals surface area contributed by atoms with Crippen LogP contribution in [0.25, 0.3) is 0 Å². The number of ether oxygens (including phenoxy) is 1. The summed E-state index contributed by atoms with van der Waals surface area (Å²) < 4.78 is 16.6. The van der Waals surface area contributed by atoms with Crippen LogP contribution >= 0.6 is 0 Å². The van der Waals surface area contributed by atoms with Gasteiger partial charge in [-0.15, -0.1) is 0 Å². The lowest BCUT2D eigenvalue weighted by Crippen LogP contribution is -2.37. The summed E-state index contributed by atoms with van der Waals surface area (Å²) in [4.78, 5) is 0. The first kappa shape index (κ1) is 16.1. The Hall–Kier alpha value is 0.0300.